The van der Waals surface area contributed by atoms with Gasteiger partial charge in [0.15, 0.2) is 0 Å². The Morgan fingerprint density at radius 1 is 1.27 bits per heavy atom. The van der Waals surface area contributed by atoms with Crippen LogP contribution in [0.15, 0.2) is 29.3 Å². The maximum atomic E-state index is 5.65. The van der Waals surface area contributed by atoms with E-state index in [2.05, 4.69) is 4.99 Å². The lowest BCUT2D eigenvalue weighted by Crippen LogP contribution is -2.03. The first-order valence-corrected chi connectivity index (χ1v) is 3.25. The van der Waals surface area contributed by atoms with E-state index in [-0.39, 0.29) is 18.6 Å². The van der Waals surface area contributed by atoms with Crippen LogP contribution in [0.25, 0.3) is 0 Å². The van der Waals surface area contributed by atoms with Gasteiger partial charge in [-0.1, -0.05) is 24.3 Å². The van der Waals surface area contributed by atoms with Crippen molar-refractivity contribution >= 4 is 18.6 Å². The molecule has 0 aromatic heterocycles. The highest BCUT2D eigenvalue weighted by Gasteiger charge is 2.11. The Hall–Kier alpha value is -0.860. The molecule has 0 saturated heterocycles. The summed E-state index contributed by atoms with van der Waals surface area (Å²) in [5, 5.41) is 0. The minimum atomic E-state index is -0.129. The van der Waals surface area contributed by atoms with Gasteiger partial charge in [-0.05, 0) is 11.1 Å². The number of aliphatic imine (C=N–C) groups is 1. The molecular formula is C8H9ClN2. The Morgan fingerprint density at radius 3 is 2.73 bits per heavy atom. The van der Waals surface area contributed by atoms with Crippen molar-refractivity contribution in [2.45, 2.75) is 6.17 Å². The molecule has 0 spiro atoms. The summed E-state index contributed by atoms with van der Waals surface area (Å²) in [6.07, 6.45) is 1.69. The Kier molecular flexibility index (Phi) is 2.27. The molecule has 0 bridgehead atoms. The summed E-state index contributed by atoms with van der Waals surface area (Å²) >= 11 is 0. The SMILES string of the molecule is Cl.NC1N=Cc2ccccc21. The van der Waals surface area contributed by atoms with Crippen LogP contribution in [-0.4, -0.2) is 6.21 Å². The van der Waals surface area contributed by atoms with Gasteiger partial charge in [0, 0.05) is 6.21 Å². The third-order valence-corrected chi connectivity index (χ3v) is 1.69. The average Bonchev–Trinajstić information content (AvgIpc) is 2.34. The fourth-order valence-corrected chi connectivity index (χ4v) is 1.14. The van der Waals surface area contributed by atoms with Crippen LogP contribution >= 0.6 is 12.4 Å². The van der Waals surface area contributed by atoms with E-state index >= 15 is 0 Å². The first-order chi connectivity index (χ1) is 4.88. The predicted molar refractivity (Wildman–Crippen MR) is 48.2 cm³/mol. The first kappa shape index (κ1) is 8.24. The van der Waals surface area contributed by atoms with Crippen LogP contribution in [0.2, 0.25) is 0 Å². The normalized spacial score (nSPS) is 19.2. The van der Waals surface area contributed by atoms with Crippen LogP contribution in [-0.2, 0) is 0 Å². The maximum Gasteiger partial charge on any atom is 0.123 e. The van der Waals surface area contributed by atoms with Gasteiger partial charge < -0.3 is 5.73 Å². The van der Waals surface area contributed by atoms with Crippen LogP contribution in [0.4, 0.5) is 0 Å². The predicted octanol–water partition coefficient (Wildman–Crippen LogP) is 1.50. The standard InChI is InChI=1S/C8H8N2.ClH/c9-8-7-4-2-1-3-6(7)5-10-8;/h1-5,8H,9H2;1H. The number of nitrogens with two attached hydrogens (primary N) is 1. The minimum absolute atomic E-state index is 0. The number of hydrogen-bond donors (Lipinski definition) is 1. The largest absolute Gasteiger partial charge is 0.306 e. The zero-order chi connectivity index (χ0) is 6.97. The fourth-order valence-electron chi connectivity index (χ4n) is 1.14. The molecule has 1 atom stereocenters. The smallest absolute Gasteiger partial charge is 0.123 e. The Labute approximate surface area is 71.5 Å². The summed E-state index contributed by atoms with van der Waals surface area (Å²) in [5.74, 6) is 0. The molecule has 0 amide bonds. The first-order valence-electron chi connectivity index (χ1n) is 3.25. The van der Waals surface area contributed by atoms with Crippen LogP contribution in [0.3, 0.4) is 0 Å². The van der Waals surface area contributed by atoms with Crippen LogP contribution in [0, 0.1) is 0 Å². The van der Waals surface area contributed by atoms with E-state index < -0.39 is 0 Å². The van der Waals surface area contributed by atoms with Gasteiger partial charge in [0.2, 0.25) is 0 Å². The lowest BCUT2D eigenvalue weighted by atomic mass is 10.1. The van der Waals surface area contributed by atoms with E-state index in [1.54, 1.807) is 0 Å². The lowest BCUT2D eigenvalue weighted by molar-refractivity contribution is 0.797. The lowest BCUT2D eigenvalue weighted by Gasteiger charge is -2.00. The van der Waals surface area contributed by atoms with Crippen molar-refractivity contribution in [2.24, 2.45) is 10.7 Å². The van der Waals surface area contributed by atoms with Crippen molar-refractivity contribution < 1.29 is 0 Å². The van der Waals surface area contributed by atoms with E-state index in [0.717, 1.165) is 11.1 Å². The Bertz CT molecular complexity index is 283. The number of hydrogen-bond acceptors (Lipinski definition) is 2. The number of fused-ring (bicyclic) bond motifs is 1. The molecule has 0 fully saturated rings. The minimum Gasteiger partial charge on any atom is -0.306 e. The van der Waals surface area contributed by atoms with Crippen LogP contribution < -0.4 is 5.73 Å². The number of halogens is 1. The average molecular weight is 169 g/mol. The summed E-state index contributed by atoms with van der Waals surface area (Å²) < 4.78 is 0. The number of nitrogens with zero attached hydrogens (tertiary/aromatic N) is 1. The van der Waals surface area contributed by atoms with Gasteiger partial charge in [-0.15, -0.1) is 12.4 Å². The second-order valence-electron chi connectivity index (χ2n) is 2.35. The highest BCUT2D eigenvalue weighted by Crippen LogP contribution is 2.20. The monoisotopic (exact) mass is 168 g/mol. The Balaban J connectivity index is 0.000000605. The van der Waals surface area contributed by atoms with Crippen LogP contribution in [0.5, 0.6) is 0 Å². The second-order valence-corrected chi connectivity index (χ2v) is 2.35. The van der Waals surface area contributed by atoms with Crippen molar-refractivity contribution in [2.75, 3.05) is 0 Å². The summed E-state index contributed by atoms with van der Waals surface area (Å²) in [4.78, 5) is 4.06. The van der Waals surface area contributed by atoms with E-state index in [1.807, 2.05) is 30.5 Å². The third kappa shape index (κ3) is 1.27. The van der Waals surface area contributed by atoms with Gasteiger partial charge in [-0.25, -0.2) is 0 Å². The molecule has 1 heterocycles. The molecule has 2 N–H and O–H groups in total. The quantitative estimate of drug-likeness (QED) is 0.627. The molecule has 1 unspecified atom stereocenters. The van der Waals surface area contributed by atoms with Gasteiger partial charge in [-0.2, -0.15) is 0 Å². The summed E-state index contributed by atoms with van der Waals surface area (Å²) in [6.45, 7) is 0. The van der Waals surface area contributed by atoms with E-state index in [9.17, 15) is 0 Å². The van der Waals surface area contributed by atoms with E-state index in [4.69, 9.17) is 5.73 Å². The molecule has 0 aliphatic carbocycles. The molecule has 3 heteroatoms. The van der Waals surface area contributed by atoms with Crippen molar-refractivity contribution in [3.63, 3.8) is 0 Å². The van der Waals surface area contributed by atoms with Gasteiger partial charge >= 0.3 is 0 Å². The Morgan fingerprint density at radius 2 is 2.00 bits per heavy atom. The summed E-state index contributed by atoms with van der Waals surface area (Å²) in [5.41, 5.74) is 7.92. The fraction of sp³-hybridized carbons (Fsp3) is 0.125. The molecule has 1 aromatic rings. The van der Waals surface area contributed by atoms with Crippen LogP contribution in [0.1, 0.15) is 17.3 Å². The molecular weight excluding hydrogens is 160 g/mol. The zero-order valence-electron chi connectivity index (χ0n) is 5.90. The van der Waals surface area contributed by atoms with Crippen molar-refractivity contribution in [3.05, 3.63) is 35.4 Å². The second kappa shape index (κ2) is 3.03. The number of rotatable bonds is 0. The third-order valence-electron chi connectivity index (χ3n) is 1.69. The summed E-state index contributed by atoms with van der Waals surface area (Å²) in [6, 6.07) is 8.00. The van der Waals surface area contributed by atoms with Gasteiger partial charge in [0.1, 0.15) is 6.17 Å². The van der Waals surface area contributed by atoms with Gasteiger partial charge in [0.25, 0.3) is 0 Å². The van der Waals surface area contributed by atoms with Crippen molar-refractivity contribution in [3.8, 4) is 0 Å². The maximum absolute atomic E-state index is 5.65. The molecule has 0 radical (unpaired) electrons. The molecule has 11 heavy (non-hydrogen) atoms. The topological polar surface area (TPSA) is 38.4 Å². The van der Waals surface area contributed by atoms with Gasteiger partial charge in [0.05, 0.1) is 0 Å². The van der Waals surface area contributed by atoms with Crippen molar-refractivity contribution in [1.29, 1.82) is 0 Å². The molecule has 1 aliphatic rings. The highest BCUT2D eigenvalue weighted by atomic mass is 35.5. The molecule has 1 aliphatic heterocycles. The molecule has 58 valence electrons. The summed E-state index contributed by atoms with van der Waals surface area (Å²) in [7, 11) is 0. The van der Waals surface area contributed by atoms with E-state index in [1.165, 1.54) is 0 Å². The van der Waals surface area contributed by atoms with E-state index in [0.29, 0.717) is 0 Å². The zero-order valence-corrected chi connectivity index (χ0v) is 6.71. The van der Waals surface area contributed by atoms with Gasteiger partial charge in [-0.3, -0.25) is 4.99 Å². The molecule has 2 nitrogen and oxygen atoms in total. The highest BCUT2D eigenvalue weighted by molar-refractivity contribution is 5.85. The number of benzene rings is 1. The van der Waals surface area contributed by atoms with Crippen molar-refractivity contribution in [1.82, 2.24) is 0 Å². The molecule has 0 saturated carbocycles. The molecule has 2 rings (SSSR count). The molecule has 1 aromatic carbocycles.